The highest BCUT2D eigenvalue weighted by Crippen LogP contribution is 2.33. The van der Waals surface area contributed by atoms with Crippen molar-refractivity contribution < 1.29 is 19.4 Å². The third-order valence-electron chi connectivity index (χ3n) is 3.70. The van der Waals surface area contributed by atoms with Crippen LogP contribution in [0.1, 0.15) is 37.6 Å². The Kier molecular flexibility index (Phi) is 5.26. The van der Waals surface area contributed by atoms with E-state index < -0.39 is 23.7 Å². The molecule has 1 amide bonds. The Bertz CT molecular complexity index is 588. The minimum absolute atomic E-state index is 0.0951. The van der Waals surface area contributed by atoms with Gasteiger partial charge in [0.25, 0.3) is 0 Å². The standard InChI is InChI=1S/C16H22ClNO4S/c1-9-5-11(23-13(9)17)6-10-7-12(14(19)20)18(8-10)15(21)22-16(2,3)4/h5,10,12H,6-8H2,1-4H3,(H,19,20)/t10-,12+/m0/s1. The number of aliphatic carboxylic acids is 1. The SMILES string of the molecule is Cc1cc(C[C@H]2C[C@H](C(=O)O)N(C(=O)OC(C)(C)C)C2)sc1Cl. The van der Waals surface area contributed by atoms with E-state index in [1.54, 1.807) is 20.8 Å². The zero-order chi connectivity index (χ0) is 17.4. The number of carbonyl (C=O) groups is 2. The number of thiophene rings is 1. The molecular formula is C16H22ClNO4S. The summed E-state index contributed by atoms with van der Waals surface area (Å²) in [4.78, 5) is 26.2. The van der Waals surface area contributed by atoms with E-state index in [0.717, 1.165) is 21.2 Å². The zero-order valence-electron chi connectivity index (χ0n) is 13.8. The largest absolute Gasteiger partial charge is 0.480 e. The van der Waals surface area contributed by atoms with Crippen LogP contribution in [-0.2, 0) is 16.0 Å². The molecule has 23 heavy (non-hydrogen) atoms. The van der Waals surface area contributed by atoms with Crippen LogP contribution in [0.25, 0.3) is 0 Å². The number of ether oxygens (including phenoxy) is 1. The van der Waals surface area contributed by atoms with Gasteiger partial charge in [-0.3, -0.25) is 4.90 Å². The quantitative estimate of drug-likeness (QED) is 0.886. The summed E-state index contributed by atoms with van der Waals surface area (Å²) in [6.07, 6.45) is 0.595. The van der Waals surface area contributed by atoms with Crippen LogP contribution in [0, 0.1) is 12.8 Å². The first kappa shape index (κ1) is 18.1. The zero-order valence-corrected chi connectivity index (χ0v) is 15.3. The van der Waals surface area contributed by atoms with Crippen molar-refractivity contribution >= 4 is 35.0 Å². The Hall–Kier alpha value is -1.27. The second-order valence-electron chi connectivity index (χ2n) is 6.96. The molecule has 2 heterocycles. The molecule has 1 aliphatic heterocycles. The smallest absolute Gasteiger partial charge is 0.411 e. The van der Waals surface area contributed by atoms with Crippen LogP contribution in [0.2, 0.25) is 4.34 Å². The average Bonchev–Trinajstić information content (AvgIpc) is 2.92. The second-order valence-corrected chi connectivity index (χ2v) is 8.70. The lowest BCUT2D eigenvalue weighted by Gasteiger charge is -2.26. The molecule has 0 aromatic carbocycles. The van der Waals surface area contributed by atoms with Crippen LogP contribution >= 0.6 is 22.9 Å². The summed E-state index contributed by atoms with van der Waals surface area (Å²) in [5.41, 5.74) is 0.389. The predicted octanol–water partition coefficient (Wildman–Crippen LogP) is 3.96. The molecule has 2 rings (SSSR count). The van der Waals surface area contributed by atoms with Crippen molar-refractivity contribution in [2.75, 3.05) is 6.54 Å². The molecule has 0 spiro atoms. The van der Waals surface area contributed by atoms with Gasteiger partial charge in [0.1, 0.15) is 11.6 Å². The summed E-state index contributed by atoms with van der Waals surface area (Å²) in [6.45, 7) is 7.64. The Morgan fingerprint density at radius 2 is 2.13 bits per heavy atom. The topological polar surface area (TPSA) is 66.8 Å². The minimum Gasteiger partial charge on any atom is -0.480 e. The van der Waals surface area contributed by atoms with Crippen molar-refractivity contribution in [3.63, 3.8) is 0 Å². The number of likely N-dealkylation sites (tertiary alicyclic amines) is 1. The molecule has 0 radical (unpaired) electrons. The third kappa shape index (κ3) is 4.61. The van der Waals surface area contributed by atoms with Gasteiger partial charge in [-0.1, -0.05) is 11.6 Å². The van der Waals surface area contributed by atoms with Crippen LogP contribution in [-0.4, -0.2) is 40.3 Å². The van der Waals surface area contributed by atoms with Gasteiger partial charge in [-0.15, -0.1) is 11.3 Å². The normalized spacial score (nSPS) is 21.5. The van der Waals surface area contributed by atoms with Crippen molar-refractivity contribution in [1.29, 1.82) is 0 Å². The van der Waals surface area contributed by atoms with Gasteiger partial charge in [0.15, 0.2) is 0 Å². The van der Waals surface area contributed by atoms with Crippen LogP contribution in [0.5, 0.6) is 0 Å². The number of nitrogens with zero attached hydrogens (tertiary/aromatic N) is 1. The maximum Gasteiger partial charge on any atom is 0.411 e. The fourth-order valence-corrected chi connectivity index (χ4v) is 4.09. The highest BCUT2D eigenvalue weighted by Gasteiger charge is 2.41. The number of carbonyl (C=O) groups excluding carboxylic acids is 1. The summed E-state index contributed by atoms with van der Waals surface area (Å²) in [7, 11) is 0. The maximum absolute atomic E-state index is 12.3. The van der Waals surface area contributed by atoms with Crippen molar-refractivity contribution in [1.82, 2.24) is 4.90 Å². The van der Waals surface area contributed by atoms with Gasteiger partial charge in [-0.05, 0) is 58.1 Å². The van der Waals surface area contributed by atoms with Crippen molar-refractivity contribution in [2.45, 2.75) is 52.2 Å². The summed E-state index contributed by atoms with van der Waals surface area (Å²) >= 11 is 7.60. The molecule has 1 saturated heterocycles. The van der Waals surface area contributed by atoms with Gasteiger partial charge >= 0.3 is 12.1 Å². The molecule has 0 saturated carbocycles. The first-order chi connectivity index (χ1) is 10.6. The summed E-state index contributed by atoms with van der Waals surface area (Å²) < 4.78 is 6.09. The van der Waals surface area contributed by atoms with E-state index in [-0.39, 0.29) is 5.92 Å². The molecule has 7 heteroatoms. The fourth-order valence-electron chi connectivity index (χ4n) is 2.74. The molecule has 128 valence electrons. The lowest BCUT2D eigenvalue weighted by molar-refractivity contribution is -0.142. The molecular weight excluding hydrogens is 338 g/mol. The molecule has 1 fully saturated rings. The fraction of sp³-hybridized carbons (Fsp3) is 0.625. The van der Waals surface area contributed by atoms with Crippen LogP contribution in [0.4, 0.5) is 4.79 Å². The molecule has 0 bridgehead atoms. The number of halogens is 1. The number of rotatable bonds is 3. The highest BCUT2D eigenvalue weighted by atomic mass is 35.5. The number of hydrogen-bond acceptors (Lipinski definition) is 4. The number of carboxylic acid groups (broad SMARTS) is 1. The first-order valence-electron chi connectivity index (χ1n) is 7.54. The molecule has 1 aromatic rings. The molecule has 5 nitrogen and oxygen atoms in total. The number of amides is 1. The highest BCUT2D eigenvalue weighted by molar-refractivity contribution is 7.16. The Morgan fingerprint density at radius 3 is 2.61 bits per heavy atom. The van der Waals surface area contributed by atoms with E-state index in [9.17, 15) is 14.7 Å². The molecule has 0 unspecified atom stereocenters. The van der Waals surface area contributed by atoms with E-state index in [0.29, 0.717) is 13.0 Å². The summed E-state index contributed by atoms with van der Waals surface area (Å²) in [5.74, 6) is -0.892. The number of aryl methyl sites for hydroxylation is 1. The van der Waals surface area contributed by atoms with E-state index >= 15 is 0 Å². The monoisotopic (exact) mass is 359 g/mol. The predicted molar refractivity (Wildman–Crippen MR) is 90.2 cm³/mol. The Morgan fingerprint density at radius 1 is 1.48 bits per heavy atom. The van der Waals surface area contributed by atoms with Gasteiger partial charge in [0.2, 0.25) is 0 Å². The van der Waals surface area contributed by atoms with Crippen LogP contribution in [0.3, 0.4) is 0 Å². The molecule has 1 aliphatic rings. The Balaban J connectivity index is 2.08. The van der Waals surface area contributed by atoms with Crippen molar-refractivity contribution in [2.24, 2.45) is 5.92 Å². The van der Waals surface area contributed by atoms with E-state index in [2.05, 4.69) is 0 Å². The van der Waals surface area contributed by atoms with Gasteiger partial charge in [-0.2, -0.15) is 0 Å². The van der Waals surface area contributed by atoms with Crippen molar-refractivity contribution in [3.8, 4) is 0 Å². The third-order valence-corrected chi connectivity index (χ3v) is 5.28. The number of hydrogen-bond donors (Lipinski definition) is 1. The summed E-state index contributed by atoms with van der Waals surface area (Å²) in [6, 6.07) is 1.20. The van der Waals surface area contributed by atoms with Crippen molar-refractivity contribution in [3.05, 3.63) is 20.8 Å². The lowest BCUT2D eigenvalue weighted by atomic mass is 10.0. The average molecular weight is 360 g/mol. The Labute approximate surface area is 145 Å². The molecule has 2 atom stereocenters. The van der Waals surface area contributed by atoms with Gasteiger partial charge < -0.3 is 9.84 Å². The molecule has 0 aliphatic carbocycles. The van der Waals surface area contributed by atoms with Gasteiger partial charge in [0, 0.05) is 11.4 Å². The van der Waals surface area contributed by atoms with Crippen LogP contribution in [0.15, 0.2) is 6.07 Å². The lowest BCUT2D eigenvalue weighted by Crippen LogP contribution is -2.43. The second kappa shape index (κ2) is 6.69. The van der Waals surface area contributed by atoms with Crippen LogP contribution < -0.4 is 0 Å². The van der Waals surface area contributed by atoms with Gasteiger partial charge in [-0.25, -0.2) is 9.59 Å². The minimum atomic E-state index is -0.987. The first-order valence-corrected chi connectivity index (χ1v) is 8.73. The van der Waals surface area contributed by atoms with Gasteiger partial charge in [0.05, 0.1) is 4.34 Å². The molecule has 1 aromatic heterocycles. The summed E-state index contributed by atoms with van der Waals surface area (Å²) in [5, 5.41) is 9.40. The maximum atomic E-state index is 12.3. The number of carboxylic acids is 1. The molecule has 1 N–H and O–H groups in total. The van der Waals surface area contributed by atoms with E-state index in [1.165, 1.54) is 16.2 Å². The van der Waals surface area contributed by atoms with E-state index in [1.807, 2.05) is 13.0 Å². The van der Waals surface area contributed by atoms with E-state index in [4.69, 9.17) is 16.3 Å².